The third-order valence-electron chi connectivity index (χ3n) is 2.06. The summed E-state index contributed by atoms with van der Waals surface area (Å²) in [5.41, 5.74) is 1.64. The van der Waals surface area contributed by atoms with Crippen LogP contribution in [-0.4, -0.2) is 9.91 Å². The van der Waals surface area contributed by atoms with Gasteiger partial charge in [0.15, 0.2) is 0 Å². The fourth-order valence-corrected chi connectivity index (χ4v) is 1.40. The highest BCUT2D eigenvalue weighted by molar-refractivity contribution is 5.87. The van der Waals surface area contributed by atoms with E-state index in [1.807, 2.05) is 24.3 Å². The van der Waals surface area contributed by atoms with Crippen molar-refractivity contribution in [2.75, 3.05) is 0 Å². The number of nitro groups is 1. The van der Waals surface area contributed by atoms with Crippen molar-refractivity contribution in [2.45, 2.75) is 0 Å². The van der Waals surface area contributed by atoms with Gasteiger partial charge < -0.3 is 0 Å². The molecular formula is C11H8N2O2. The quantitative estimate of drug-likeness (QED) is 0.552. The van der Waals surface area contributed by atoms with Gasteiger partial charge >= 0.3 is 0 Å². The maximum Gasteiger partial charge on any atom is 0.235 e. The molecule has 1 aromatic heterocycles. The molecule has 0 fully saturated rings. The summed E-state index contributed by atoms with van der Waals surface area (Å²) in [4.78, 5) is 13.9. The van der Waals surface area contributed by atoms with Crippen molar-refractivity contribution < 1.29 is 4.92 Å². The molecule has 0 aliphatic carbocycles. The molecule has 0 aliphatic rings. The minimum atomic E-state index is -0.477. The van der Waals surface area contributed by atoms with E-state index in [4.69, 9.17) is 0 Å². The predicted octanol–water partition coefficient (Wildman–Crippen LogP) is 2.48. The first-order valence-electron chi connectivity index (χ1n) is 4.43. The van der Waals surface area contributed by atoms with Crippen LogP contribution in [-0.2, 0) is 0 Å². The number of hydrogen-bond donors (Lipinski definition) is 0. The van der Waals surface area contributed by atoms with Gasteiger partial charge in [-0.1, -0.05) is 18.2 Å². The van der Waals surface area contributed by atoms with Crippen LogP contribution in [0.1, 0.15) is 5.56 Å². The maximum atomic E-state index is 10.2. The van der Waals surface area contributed by atoms with E-state index in [9.17, 15) is 10.1 Å². The summed E-state index contributed by atoms with van der Waals surface area (Å²) in [5, 5.41) is 11.1. The number of rotatable bonds is 2. The zero-order valence-corrected chi connectivity index (χ0v) is 7.83. The van der Waals surface area contributed by atoms with Gasteiger partial charge in [-0.05, 0) is 17.7 Å². The fraction of sp³-hybridized carbons (Fsp3) is 0. The van der Waals surface area contributed by atoms with E-state index in [1.54, 1.807) is 12.3 Å². The van der Waals surface area contributed by atoms with Gasteiger partial charge in [-0.2, -0.15) is 0 Å². The predicted molar refractivity (Wildman–Crippen MR) is 57.8 cm³/mol. The van der Waals surface area contributed by atoms with Gasteiger partial charge in [0.1, 0.15) is 0 Å². The van der Waals surface area contributed by atoms with E-state index in [0.717, 1.165) is 22.7 Å². The van der Waals surface area contributed by atoms with Crippen LogP contribution in [0.2, 0.25) is 0 Å². The third-order valence-corrected chi connectivity index (χ3v) is 2.06. The van der Waals surface area contributed by atoms with Gasteiger partial charge in [0.05, 0.1) is 10.4 Å². The van der Waals surface area contributed by atoms with Crippen LogP contribution < -0.4 is 0 Å². The summed E-state index contributed by atoms with van der Waals surface area (Å²) in [6.07, 6.45) is 4.05. The molecular weight excluding hydrogens is 192 g/mol. The normalized spacial score (nSPS) is 10.9. The summed E-state index contributed by atoms with van der Waals surface area (Å²) in [6, 6.07) is 9.28. The fourth-order valence-electron chi connectivity index (χ4n) is 1.40. The molecule has 0 saturated carbocycles. The van der Waals surface area contributed by atoms with Crippen LogP contribution in [0.4, 0.5) is 0 Å². The minimum Gasteiger partial charge on any atom is -0.259 e. The van der Waals surface area contributed by atoms with Crippen molar-refractivity contribution in [2.24, 2.45) is 0 Å². The van der Waals surface area contributed by atoms with Crippen LogP contribution in [0, 0.1) is 10.1 Å². The zero-order chi connectivity index (χ0) is 10.7. The number of fused-ring (bicyclic) bond motifs is 1. The smallest absolute Gasteiger partial charge is 0.235 e. The molecule has 1 heterocycles. The van der Waals surface area contributed by atoms with Crippen molar-refractivity contribution >= 4 is 17.0 Å². The molecule has 0 unspecified atom stereocenters. The van der Waals surface area contributed by atoms with Crippen molar-refractivity contribution in [1.29, 1.82) is 0 Å². The standard InChI is InChI=1S/C11H8N2O2/c14-13(15)8-6-9-5-7-12-11-4-2-1-3-10(9)11/h1-8H/b8-6+. The second-order valence-electron chi connectivity index (χ2n) is 3.02. The Morgan fingerprint density at radius 3 is 2.87 bits per heavy atom. The summed E-state index contributed by atoms with van der Waals surface area (Å²) in [5.74, 6) is 0. The SMILES string of the molecule is O=[N+]([O-])/C=C/c1ccnc2ccccc12. The first-order valence-corrected chi connectivity index (χ1v) is 4.43. The van der Waals surface area contributed by atoms with Crippen LogP contribution in [0.15, 0.2) is 42.7 Å². The molecule has 2 rings (SSSR count). The number of pyridine rings is 1. The van der Waals surface area contributed by atoms with E-state index in [0.29, 0.717) is 0 Å². The molecule has 4 heteroatoms. The first-order chi connectivity index (χ1) is 7.27. The largest absolute Gasteiger partial charge is 0.259 e. The number of para-hydroxylation sites is 1. The summed E-state index contributed by atoms with van der Waals surface area (Å²) in [6.45, 7) is 0. The second-order valence-corrected chi connectivity index (χ2v) is 3.02. The lowest BCUT2D eigenvalue weighted by Gasteiger charge is -1.98. The van der Waals surface area contributed by atoms with Crippen molar-refractivity contribution in [3.63, 3.8) is 0 Å². The maximum absolute atomic E-state index is 10.2. The highest BCUT2D eigenvalue weighted by Gasteiger charge is 1.98. The van der Waals surface area contributed by atoms with Crippen molar-refractivity contribution in [1.82, 2.24) is 4.98 Å². The van der Waals surface area contributed by atoms with Gasteiger partial charge in [0.25, 0.3) is 0 Å². The lowest BCUT2D eigenvalue weighted by molar-refractivity contribution is -0.400. The van der Waals surface area contributed by atoms with E-state index >= 15 is 0 Å². The Bertz CT molecular complexity index is 530. The molecule has 0 aliphatic heterocycles. The summed E-state index contributed by atoms with van der Waals surface area (Å²) < 4.78 is 0. The third kappa shape index (κ3) is 1.99. The lowest BCUT2D eigenvalue weighted by atomic mass is 10.1. The molecule has 2 aromatic rings. The van der Waals surface area contributed by atoms with Gasteiger partial charge in [-0.3, -0.25) is 15.1 Å². The Labute approximate surface area is 86.0 Å². The van der Waals surface area contributed by atoms with Crippen molar-refractivity contribution in [3.05, 3.63) is 58.4 Å². The molecule has 15 heavy (non-hydrogen) atoms. The van der Waals surface area contributed by atoms with Gasteiger partial charge in [0, 0.05) is 17.7 Å². The number of hydrogen-bond acceptors (Lipinski definition) is 3. The Balaban J connectivity index is 2.56. The Morgan fingerprint density at radius 2 is 2.07 bits per heavy atom. The molecule has 0 bridgehead atoms. The summed E-state index contributed by atoms with van der Waals surface area (Å²) in [7, 11) is 0. The second kappa shape index (κ2) is 3.88. The molecule has 0 amide bonds. The van der Waals surface area contributed by atoms with Crippen LogP contribution in [0.5, 0.6) is 0 Å². The highest BCUT2D eigenvalue weighted by atomic mass is 16.6. The Kier molecular flexibility index (Phi) is 2.41. The minimum absolute atomic E-state index is 0.477. The van der Waals surface area contributed by atoms with Crippen LogP contribution in [0.25, 0.3) is 17.0 Å². The molecule has 0 N–H and O–H groups in total. The molecule has 0 spiro atoms. The number of nitrogens with zero attached hydrogens (tertiary/aromatic N) is 2. The first kappa shape index (κ1) is 9.33. The number of benzene rings is 1. The van der Waals surface area contributed by atoms with Crippen LogP contribution in [0.3, 0.4) is 0 Å². The molecule has 1 aromatic carbocycles. The Hall–Kier alpha value is -2.23. The molecule has 74 valence electrons. The van der Waals surface area contributed by atoms with E-state index in [2.05, 4.69) is 4.98 Å². The monoisotopic (exact) mass is 200 g/mol. The molecule has 0 saturated heterocycles. The average Bonchev–Trinajstić information content (AvgIpc) is 2.26. The Morgan fingerprint density at radius 1 is 1.27 bits per heavy atom. The average molecular weight is 200 g/mol. The van der Waals surface area contributed by atoms with E-state index < -0.39 is 4.92 Å². The highest BCUT2D eigenvalue weighted by Crippen LogP contribution is 2.17. The van der Waals surface area contributed by atoms with Gasteiger partial charge in [-0.25, -0.2) is 0 Å². The van der Waals surface area contributed by atoms with Gasteiger partial charge in [-0.15, -0.1) is 0 Å². The van der Waals surface area contributed by atoms with E-state index in [1.165, 1.54) is 6.08 Å². The lowest BCUT2D eigenvalue weighted by Crippen LogP contribution is -1.85. The summed E-state index contributed by atoms with van der Waals surface area (Å²) >= 11 is 0. The zero-order valence-electron chi connectivity index (χ0n) is 7.83. The van der Waals surface area contributed by atoms with E-state index in [-0.39, 0.29) is 0 Å². The van der Waals surface area contributed by atoms with Crippen molar-refractivity contribution in [3.8, 4) is 0 Å². The van der Waals surface area contributed by atoms with Crippen LogP contribution >= 0.6 is 0 Å². The van der Waals surface area contributed by atoms with Gasteiger partial charge in [0.2, 0.25) is 6.20 Å². The molecule has 4 nitrogen and oxygen atoms in total. The topological polar surface area (TPSA) is 56.0 Å². The number of aromatic nitrogens is 1. The molecule has 0 atom stereocenters. The molecule has 0 radical (unpaired) electrons.